The summed E-state index contributed by atoms with van der Waals surface area (Å²) in [5.41, 5.74) is 1.63. The standard InChI is InChI=1S/C25H23Cl2N3O4S2/c1-16-21(27)8-9-22-23(16)28-25(35-22)30(15-19-3-2-14-34-19)24(31)17-10-12-29(13-11-17)36(32,33)20-6-4-18(26)5-7-20/h2-9,14,17H,10-13,15H2,1H3. The number of amides is 1. The number of thiazole rings is 1. The predicted molar refractivity (Wildman–Crippen MR) is 142 cm³/mol. The second-order valence-corrected chi connectivity index (χ2v) is 12.4. The first-order valence-electron chi connectivity index (χ1n) is 11.4. The second-order valence-electron chi connectivity index (χ2n) is 8.65. The largest absolute Gasteiger partial charge is 0.467 e. The maximum absolute atomic E-state index is 13.8. The first-order chi connectivity index (χ1) is 17.2. The maximum atomic E-state index is 13.8. The molecule has 1 aliphatic heterocycles. The van der Waals surface area contributed by atoms with E-state index in [0.717, 1.165) is 15.8 Å². The van der Waals surface area contributed by atoms with Crippen LogP contribution in [0.25, 0.3) is 10.2 Å². The molecular formula is C25H23Cl2N3O4S2. The SMILES string of the molecule is Cc1c(Cl)ccc2sc(N(Cc3ccco3)C(=O)C3CCN(S(=O)(=O)c4ccc(Cl)cc4)CC3)nc12. The number of benzene rings is 2. The highest BCUT2D eigenvalue weighted by Crippen LogP contribution is 2.36. The number of piperidine rings is 1. The van der Waals surface area contributed by atoms with Crippen molar-refractivity contribution in [3.05, 3.63) is 76.2 Å². The van der Waals surface area contributed by atoms with Gasteiger partial charge < -0.3 is 4.42 Å². The molecule has 0 bridgehead atoms. The zero-order chi connectivity index (χ0) is 25.4. The number of carbonyl (C=O) groups is 1. The van der Waals surface area contributed by atoms with Crippen LogP contribution in [0.4, 0.5) is 5.13 Å². The molecule has 0 N–H and O–H groups in total. The Kier molecular flexibility index (Phi) is 7.11. The molecule has 0 aliphatic carbocycles. The molecule has 0 atom stereocenters. The lowest BCUT2D eigenvalue weighted by Crippen LogP contribution is -2.44. The number of furan rings is 1. The lowest BCUT2D eigenvalue weighted by molar-refractivity contribution is -0.123. The van der Waals surface area contributed by atoms with Crippen molar-refractivity contribution in [1.82, 2.24) is 9.29 Å². The Labute approximate surface area is 223 Å². The highest BCUT2D eigenvalue weighted by atomic mass is 35.5. The van der Waals surface area contributed by atoms with Crippen LogP contribution < -0.4 is 4.90 Å². The molecule has 1 saturated heterocycles. The molecule has 1 aliphatic rings. The van der Waals surface area contributed by atoms with Gasteiger partial charge in [-0.3, -0.25) is 9.69 Å². The summed E-state index contributed by atoms with van der Waals surface area (Å²) in [6.07, 6.45) is 2.40. The Morgan fingerprint density at radius 3 is 2.53 bits per heavy atom. The highest BCUT2D eigenvalue weighted by Gasteiger charge is 2.35. The number of nitrogens with zero attached hydrogens (tertiary/aromatic N) is 3. The van der Waals surface area contributed by atoms with Gasteiger partial charge in [0.25, 0.3) is 0 Å². The van der Waals surface area contributed by atoms with Crippen molar-refractivity contribution in [2.24, 2.45) is 5.92 Å². The quantitative estimate of drug-likeness (QED) is 0.281. The van der Waals surface area contributed by atoms with Gasteiger partial charge in [0.1, 0.15) is 5.76 Å². The minimum atomic E-state index is -3.66. The van der Waals surface area contributed by atoms with Gasteiger partial charge in [-0.2, -0.15) is 4.31 Å². The molecule has 0 saturated carbocycles. The van der Waals surface area contributed by atoms with Crippen LogP contribution in [0.2, 0.25) is 10.0 Å². The Hall–Kier alpha value is -2.43. The number of hydrogen-bond donors (Lipinski definition) is 0. The number of aromatic nitrogens is 1. The maximum Gasteiger partial charge on any atom is 0.243 e. The minimum absolute atomic E-state index is 0.0993. The molecule has 3 heterocycles. The molecular weight excluding hydrogens is 541 g/mol. The van der Waals surface area contributed by atoms with E-state index < -0.39 is 10.0 Å². The van der Waals surface area contributed by atoms with Crippen molar-refractivity contribution >= 4 is 65.8 Å². The van der Waals surface area contributed by atoms with Crippen molar-refractivity contribution in [1.29, 1.82) is 0 Å². The van der Waals surface area contributed by atoms with Gasteiger partial charge in [0.05, 0.1) is 27.9 Å². The van der Waals surface area contributed by atoms with E-state index in [4.69, 9.17) is 32.6 Å². The zero-order valence-electron chi connectivity index (χ0n) is 19.4. The van der Waals surface area contributed by atoms with Crippen molar-refractivity contribution < 1.29 is 17.6 Å². The Morgan fingerprint density at radius 1 is 1.14 bits per heavy atom. The summed E-state index contributed by atoms with van der Waals surface area (Å²) in [4.78, 5) is 20.3. The average molecular weight is 565 g/mol. The monoisotopic (exact) mass is 563 g/mol. The number of aryl methyl sites for hydroxylation is 1. The molecule has 7 nitrogen and oxygen atoms in total. The van der Waals surface area contributed by atoms with Crippen LogP contribution in [0.1, 0.15) is 24.2 Å². The van der Waals surface area contributed by atoms with Crippen LogP contribution >= 0.6 is 34.5 Å². The zero-order valence-corrected chi connectivity index (χ0v) is 22.5. The first-order valence-corrected chi connectivity index (χ1v) is 14.4. The summed E-state index contributed by atoms with van der Waals surface area (Å²) in [6.45, 7) is 2.65. The number of fused-ring (bicyclic) bond motifs is 1. The van der Waals surface area contributed by atoms with E-state index in [1.165, 1.54) is 27.8 Å². The van der Waals surface area contributed by atoms with E-state index in [9.17, 15) is 13.2 Å². The van der Waals surface area contributed by atoms with Crippen molar-refractivity contribution in [2.75, 3.05) is 18.0 Å². The van der Waals surface area contributed by atoms with Crippen LogP contribution in [-0.4, -0.2) is 36.7 Å². The summed E-state index contributed by atoms with van der Waals surface area (Å²) in [5.74, 6) is 0.200. The van der Waals surface area contributed by atoms with Crippen LogP contribution in [0, 0.1) is 12.8 Å². The van der Waals surface area contributed by atoms with Crippen molar-refractivity contribution in [2.45, 2.75) is 31.2 Å². The number of anilines is 1. The lowest BCUT2D eigenvalue weighted by Gasteiger charge is -2.32. The van der Waals surface area contributed by atoms with Gasteiger partial charge in [0.15, 0.2) is 5.13 Å². The third-order valence-electron chi connectivity index (χ3n) is 6.38. The van der Waals surface area contributed by atoms with Crippen LogP contribution in [-0.2, 0) is 21.4 Å². The molecule has 0 unspecified atom stereocenters. The van der Waals surface area contributed by atoms with Crippen molar-refractivity contribution in [3.8, 4) is 0 Å². The third kappa shape index (κ3) is 4.90. The molecule has 36 heavy (non-hydrogen) atoms. The van der Waals surface area contributed by atoms with Crippen LogP contribution in [0.3, 0.4) is 0 Å². The number of rotatable bonds is 6. The number of halogens is 2. The fourth-order valence-corrected chi connectivity index (χ4v) is 7.10. The summed E-state index contributed by atoms with van der Waals surface area (Å²) < 4.78 is 34.0. The van der Waals surface area contributed by atoms with E-state index in [1.807, 2.05) is 25.1 Å². The fourth-order valence-electron chi connectivity index (χ4n) is 4.32. The van der Waals surface area contributed by atoms with Gasteiger partial charge in [-0.1, -0.05) is 34.5 Å². The molecule has 1 fully saturated rings. The Morgan fingerprint density at radius 2 is 1.86 bits per heavy atom. The topological polar surface area (TPSA) is 83.7 Å². The summed E-state index contributed by atoms with van der Waals surface area (Å²) in [6, 6.07) is 13.5. The van der Waals surface area contributed by atoms with Gasteiger partial charge >= 0.3 is 0 Å². The molecule has 0 spiro atoms. The Bertz CT molecular complexity index is 1490. The normalized spacial score (nSPS) is 15.4. The molecule has 5 rings (SSSR count). The molecule has 188 valence electrons. The van der Waals surface area contributed by atoms with Crippen LogP contribution in [0.5, 0.6) is 0 Å². The molecule has 4 aromatic rings. The molecule has 0 radical (unpaired) electrons. The van der Waals surface area contributed by atoms with Gasteiger partial charge in [-0.25, -0.2) is 13.4 Å². The van der Waals surface area contributed by atoms with E-state index in [2.05, 4.69) is 0 Å². The summed E-state index contributed by atoms with van der Waals surface area (Å²) in [5, 5.41) is 1.66. The van der Waals surface area contributed by atoms with Gasteiger partial charge in [-0.05, 0) is 73.9 Å². The lowest BCUT2D eigenvalue weighted by atomic mass is 9.96. The molecule has 2 aromatic heterocycles. The van der Waals surface area contributed by atoms with E-state index in [0.29, 0.717) is 33.8 Å². The van der Waals surface area contributed by atoms with Gasteiger partial charge in [-0.15, -0.1) is 0 Å². The number of sulfonamides is 1. The smallest absolute Gasteiger partial charge is 0.243 e. The number of hydrogen-bond acceptors (Lipinski definition) is 6. The second kappa shape index (κ2) is 10.1. The first kappa shape index (κ1) is 25.2. The molecule has 1 amide bonds. The van der Waals surface area contributed by atoms with Gasteiger partial charge in [0, 0.05) is 29.1 Å². The van der Waals surface area contributed by atoms with E-state index in [1.54, 1.807) is 29.4 Å². The fraction of sp³-hybridized carbons (Fsp3) is 0.280. The van der Waals surface area contributed by atoms with Gasteiger partial charge in [0.2, 0.25) is 15.9 Å². The Balaban J connectivity index is 1.37. The summed E-state index contributed by atoms with van der Waals surface area (Å²) >= 11 is 13.6. The van der Waals surface area contributed by atoms with E-state index >= 15 is 0 Å². The van der Waals surface area contributed by atoms with Crippen LogP contribution in [0.15, 0.2) is 64.1 Å². The number of carbonyl (C=O) groups excluding carboxylic acids is 1. The summed E-state index contributed by atoms with van der Waals surface area (Å²) in [7, 11) is -3.66. The third-order valence-corrected chi connectivity index (χ3v) is 10.0. The minimum Gasteiger partial charge on any atom is -0.467 e. The van der Waals surface area contributed by atoms with Crippen molar-refractivity contribution in [3.63, 3.8) is 0 Å². The average Bonchev–Trinajstić information content (AvgIpc) is 3.55. The molecule has 2 aromatic carbocycles. The predicted octanol–water partition coefficient (Wildman–Crippen LogP) is 6.14. The highest BCUT2D eigenvalue weighted by molar-refractivity contribution is 7.89. The van der Waals surface area contributed by atoms with E-state index in [-0.39, 0.29) is 36.4 Å². The molecule has 11 heteroatoms.